The second kappa shape index (κ2) is 4.73. The van der Waals surface area contributed by atoms with Crippen LogP contribution in [-0.4, -0.2) is 23.7 Å². The van der Waals surface area contributed by atoms with E-state index in [2.05, 4.69) is 14.8 Å². The smallest absolute Gasteiger partial charge is 0.191 e. The van der Waals surface area contributed by atoms with Crippen LogP contribution in [0.1, 0.15) is 15.9 Å². The van der Waals surface area contributed by atoms with Crippen LogP contribution in [-0.2, 0) is 0 Å². The Morgan fingerprint density at radius 2 is 1.93 bits per heavy atom. The summed E-state index contributed by atoms with van der Waals surface area (Å²) in [5.41, 5.74) is 1.19. The van der Waals surface area contributed by atoms with E-state index in [9.17, 15) is 4.79 Å². The molecule has 0 saturated carbocycles. The van der Waals surface area contributed by atoms with Crippen molar-refractivity contribution in [2.75, 3.05) is 12.5 Å². The van der Waals surface area contributed by atoms with Crippen LogP contribution in [0.15, 0.2) is 24.3 Å². The third-order valence-corrected chi connectivity index (χ3v) is 3.02. The summed E-state index contributed by atoms with van der Waals surface area (Å²) in [6, 6.07) is 8.67. The molecule has 2 nitrogen and oxygen atoms in total. The SMILES string of the molecule is C[S](C)(Br)=CC(=O)c1ccc(C#N)cc1. The number of carbonyl (C=O) groups is 1. The first-order chi connectivity index (χ1) is 6.92. The van der Waals surface area contributed by atoms with Gasteiger partial charge in [0, 0.05) is 10.9 Å². The molecule has 0 unspecified atom stereocenters. The van der Waals surface area contributed by atoms with Crippen LogP contribution in [0.3, 0.4) is 0 Å². The molecule has 0 bridgehead atoms. The van der Waals surface area contributed by atoms with Crippen molar-refractivity contribution in [3.63, 3.8) is 0 Å². The van der Waals surface area contributed by atoms with Crippen LogP contribution in [0.5, 0.6) is 0 Å². The topological polar surface area (TPSA) is 40.9 Å². The fourth-order valence-electron chi connectivity index (χ4n) is 1.03. The quantitative estimate of drug-likeness (QED) is 0.619. The maximum absolute atomic E-state index is 11.7. The second-order valence-corrected chi connectivity index (χ2v) is 11.2. The Morgan fingerprint density at radius 3 is 2.33 bits per heavy atom. The molecule has 0 saturated heterocycles. The van der Waals surface area contributed by atoms with Gasteiger partial charge in [-0.2, -0.15) is 13.3 Å². The monoisotopic (exact) mass is 284 g/mol. The van der Waals surface area contributed by atoms with Gasteiger partial charge in [0.2, 0.25) is 0 Å². The van der Waals surface area contributed by atoms with E-state index in [0.717, 1.165) is 0 Å². The zero-order valence-corrected chi connectivity index (χ0v) is 10.9. The summed E-state index contributed by atoms with van der Waals surface area (Å²) in [6.45, 7) is 0. The minimum atomic E-state index is -1.11. The number of nitriles is 1. The Bertz CT molecular complexity index is 456. The molecule has 0 spiro atoms. The average molecular weight is 285 g/mol. The van der Waals surface area contributed by atoms with E-state index in [4.69, 9.17) is 5.26 Å². The molecule has 15 heavy (non-hydrogen) atoms. The molecule has 0 aliphatic heterocycles. The Labute approximate surface area is 98.0 Å². The number of Topliss-reactive ketones (excluding diaryl/α,β-unsaturated/α-hetero) is 1. The molecular formula is C11H11BrNOS. The predicted octanol–water partition coefficient (Wildman–Crippen LogP) is 2.92. The first kappa shape index (κ1) is 12.2. The van der Waals surface area contributed by atoms with E-state index in [0.29, 0.717) is 11.1 Å². The van der Waals surface area contributed by atoms with Gasteiger partial charge in [-0.05, 0) is 51.6 Å². The number of hydrogen-bond acceptors (Lipinski definition) is 2. The van der Waals surface area contributed by atoms with Crippen molar-refractivity contribution in [2.45, 2.75) is 0 Å². The highest BCUT2D eigenvalue weighted by Crippen LogP contribution is 2.35. The summed E-state index contributed by atoms with van der Waals surface area (Å²) in [7, 11) is -1.11. The summed E-state index contributed by atoms with van der Waals surface area (Å²) < 4.78 is 0. The van der Waals surface area contributed by atoms with Crippen molar-refractivity contribution >= 4 is 34.0 Å². The van der Waals surface area contributed by atoms with Crippen LogP contribution >= 0.6 is 22.9 Å². The van der Waals surface area contributed by atoms with Crippen molar-refractivity contribution in [2.24, 2.45) is 0 Å². The zero-order chi connectivity index (χ0) is 11.5. The van der Waals surface area contributed by atoms with Crippen molar-refractivity contribution in [3.05, 3.63) is 35.4 Å². The van der Waals surface area contributed by atoms with Crippen LogP contribution < -0.4 is 0 Å². The van der Waals surface area contributed by atoms with Crippen LogP contribution in [0.25, 0.3) is 0 Å². The fourth-order valence-corrected chi connectivity index (χ4v) is 2.19. The van der Waals surface area contributed by atoms with Gasteiger partial charge in [-0.3, -0.25) is 4.79 Å². The third kappa shape index (κ3) is 3.98. The van der Waals surface area contributed by atoms with E-state index in [1.807, 2.05) is 18.6 Å². The highest BCUT2D eigenvalue weighted by atomic mass is 79.9. The normalized spacial score (nSPS) is 10.5. The molecule has 0 aliphatic carbocycles. The third-order valence-electron chi connectivity index (χ3n) is 1.69. The average Bonchev–Trinajstić information content (AvgIpc) is 2.15. The molecule has 0 amide bonds. The molecule has 79 valence electrons. The van der Waals surface area contributed by atoms with E-state index in [1.165, 1.54) is 0 Å². The molecule has 0 aromatic heterocycles. The summed E-state index contributed by atoms with van der Waals surface area (Å²) in [5, 5.41) is 10.3. The number of rotatable bonds is 2. The lowest BCUT2D eigenvalue weighted by Crippen LogP contribution is -2.01. The van der Waals surface area contributed by atoms with Crippen molar-refractivity contribution in [1.29, 1.82) is 5.26 Å². The van der Waals surface area contributed by atoms with Crippen LogP contribution in [0, 0.1) is 11.3 Å². The lowest BCUT2D eigenvalue weighted by Gasteiger charge is -2.06. The molecule has 0 aliphatic rings. The number of nitrogens with zero attached hydrogens (tertiary/aromatic N) is 1. The van der Waals surface area contributed by atoms with Gasteiger partial charge in [0.15, 0.2) is 5.78 Å². The Balaban J connectivity index is 3.00. The van der Waals surface area contributed by atoms with Gasteiger partial charge in [-0.25, -0.2) is 0 Å². The second-order valence-electron chi connectivity index (χ2n) is 3.45. The summed E-state index contributed by atoms with van der Waals surface area (Å²) in [5.74, 6) is -0.00337. The van der Waals surface area contributed by atoms with Gasteiger partial charge in [-0.1, -0.05) is 0 Å². The highest BCUT2D eigenvalue weighted by molar-refractivity contribution is 9.57. The lowest BCUT2D eigenvalue weighted by atomic mass is 10.1. The molecule has 0 N–H and O–H groups in total. The van der Waals surface area contributed by atoms with Gasteiger partial charge in [-0.15, -0.1) is 0 Å². The molecular weight excluding hydrogens is 274 g/mol. The maximum atomic E-state index is 11.7. The summed E-state index contributed by atoms with van der Waals surface area (Å²) in [4.78, 5) is 11.7. The number of hydrogen-bond donors (Lipinski definition) is 0. The molecule has 0 atom stereocenters. The van der Waals surface area contributed by atoms with Gasteiger partial charge in [0.25, 0.3) is 0 Å². The maximum Gasteiger partial charge on any atom is 0.191 e. The Kier molecular flexibility index (Phi) is 3.83. The summed E-state index contributed by atoms with van der Waals surface area (Å²) in [6.07, 6.45) is 3.96. The number of halogens is 1. The van der Waals surface area contributed by atoms with Crippen molar-refractivity contribution in [3.8, 4) is 6.07 Å². The zero-order valence-electron chi connectivity index (χ0n) is 8.53. The van der Waals surface area contributed by atoms with Gasteiger partial charge >= 0.3 is 0 Å². The van der Waals surface area contributed by atoms with Crippen molar-refractivity contribution in [1.82, 2.24) is 0 Å². The lowest BCUT2D eigenvalue weighted by molar-refractivity contribution is 0.107. The first-order valence-corrected chi connectivity index (χ1v) is 8.60. The molecule has 4 heteroatoms. The molecule has 0 heterocycles. The van der Waals surface area contributed by atoms with E-state index < -0.39 is 8.05 Å². The molecule has 0 fully saturated rings. The number of ketones is 1. The van der Waals surface area contributed by atoms with Gasteiger partial charge < -0.3 is 0 Å². The van der Waals surface area contributed by atoms with Crippen molar-refractivity contribution < 1.29 is 4.79 Å². The molecule has 1 aromatic rings. The molecule has 1 radical (unpaired) electrons. The minimum Gasteiger partial charge on any atom is -0.289 e. The Hall–Kier alpha value is -0.920. The first-order valence-electron chi connectivity index (χ1n) is 4.24. The predicted molar refractivity (Wildman–Crippen MR) is 69.9 cm³/mol. The van der Waals surface area contributed by atoms with E-state index >= 15 is 0 Å². The van der Waals surface area contributed by atoms with Crippen LogP contribution in [0.4, 0.5) is 0 Å². The molecule has 1 aromatic carbocycles. The summed E-state index contributed by atoms with van der Waals surface area (Å²) >= 11 is 3.46. The Morgan fingerprint density at radius 1 is 1.40 bits per heavy atom. The highest BCUT2D eigenvalue weighted by Gasteiger charge is 2.04. The minimum absolute atomic E-state index is 0.00337. The standard InChI is InChI=1S/C11H11BrNOS/c1-15(2,12)8-11(14)10-5-3-9(7-13)4-6-10/h3-6,8H,1-2H3. The number of carbonyl (C=O) groups excluding carboxylic acids is 1. The van der Waals surface area contributed by atoms with Gasteiger partial charge in [0.1, 0.15) is 0 Å². The van der Waals surface area contributed by atoms with Gasteiger partial charge in [0.05, 0.1) is 11.6 Å². The molecule has 1 rings (SSSR count). The van der Waals surface area contributed by atoms with E-state index in [1.54, 1.807) is 29.6 Å². The largest absolute Gasteiger partial charge is 0.289 e. The number of benzene rings is 1. The van der Waals surface area contributed by atoms with Crippen LogP contribution in [0.2, 0.25) is 0 Å². The van der Waals surface area contributed by atoms with E-state index in [-0.39, 0.29) is 5.78 Å². The fraction of sp³-hybridized carbons (Fsp3) is 0.182.